The van der Waals surface area contributed by atoms with Gasteiger partial charge in [0, 0.05) is 24.0 Å². The summed E-state index contributed by atoms with van der Waals surface area (Å²) in [5.74, 6) is -0.0195. The van der Waals surface area contributed by atoms with Crippen molar-refractivity contribution in [3.05, 3.63) is 51.7 Å². The summed E-state index contributed by atoms with van der Waals surface area (Å²) >= 11 is 3.22. The maximum absolute atomic E-state index is 13.0. The van der Waals surface area contributed by atoms with Gasteiger partial charge < -0.3 is 4.90 Å². The molecule has 3 rings (SSSR count). The number of aryl methyl sites for hydroxylation is 2. The molecule has 7 heteroatoms. The first-order valence-electron chi connectivity index (χ1n) is 9.65. The molecule has 3 aromatic rings. The fourth-order valence-corrected chi connectivity index (χ4v) is 4.72. The van der Waals surface area contributed by atoms with Crippen LogP contribution in [0.3, 0.4) is 0 Å². The third-order valence-electron chi connectivity index (χ3n) is 5.04. The van der Waals surface area contributed by atoms with Crippen molar-refractivity contribution < 1.29 is 4.79 Å². The molecular weight excluding hydrogens is 422 g/mol. The second-order valence-corrected chi connectivity index (χ2v) is 8.70. The van der Waals surface area contributed by atoms with E-state index in [1.807, 2.05) is 28.5 Å². The van der Waals surface area contributed by atoms with Crippen LogP contribution >= 0.6 is 35.1 Å². The van der Waals surface area contributed by atoms with Crippen molar-refractivity contribution in [3.63, 3.8) is 0 Å². The molecule has 0 N–H and O–H groups in total. The Morgan fingerprint density at radius 3 is 2.55 bits per heavy atom. The lowest BCUT2D eigenvalue weighted by Gasteiger charge is -2.23. The summed E-state index contributed by atoms with van der Waals surface area (Å²) in [5, 5.41) is 2.79. The first-order valence-corrected chi connectivity index (χ1v) is 11.3. The number of halogens is 1. The normalized spacial score (nSPS) is 11.3. The maximum Gasteiger partial charge on any atom is 0.252 e. The van der Waals surface area contributed by atoms with Crippen molar-refractivity contribution in [3.8, 4) is 0 Å². The Bertz CT molecular complexity index is 962. The smallest absolute Gasteiger partial charge is 0.252 e. The van der Waals surface area contributed by atoms with Gasteiger partial charge in [-0.1, -0.05) is 37.3 Å². The van der Waals surface area contributed by atoms with Crippen molar-refractivity contribution in [1.29, 1.82) is 0 Å². The van der Waals surface area contributed by atoms with Crippen LogP contribution in [0.5, 0.6) is 0 Å². The lowest BCUT2D eigenvalue weighted by molar-refractivity contribution is -0.114. The van der Waals surface area contributed by atoms with Gasteiger partial charge in [0.05, 0.1) is 10.2 Å². The minimum atomic E-state index is -0.0195. The third-order valence-corrected chi connectivity index (χ3v) is 6.92. The molecule has 0 radical (unpaired) electrons. The highest BCUT2D eigenvalue weighted by Gasteiger charge is 2.19. The molecule has 2 aromatic heterocycles. The molecule has 4 nitrogen and oxygen atoms in total. The second-order valence-electron chi connectivity index (χ2n) is 6.72. The summed E-state index contributed by atoms with van der Waals surface area (Å²) in [5.41, 5.74) is 3.41. The lowest BCUT2D eigenvalue weighted by Crippen LogP contribution is -2.38. The van der Waals surface area contributed by atoms with Gasteiger partial charge in [-0.25, -0.2) is 4.98 Å². The van der Waals surface area contributed by atoms with E-state index in [0.29, 0.717) is 6.54 Å². The number of rotatable bonds is 8. The number of benzene rings is 1. The Morgan fingerprint density at radius 2 is 1.90 bits per heavy atom. The summed E-state index contributed by atoms with van der Waals surface area (Å²) in [6.07, 6.45) is 3.55. The van der Waals surface area contributed by atoms with Crippen LogP contribution in [-0.2, 0) is 4.79 Å². The molecule has 0 aliphatic rings. The quantitative estimate of drug-likeness (QED) is 0.408. The van der Waals surface area contributed by atoms with Crippen molar-refractivity contribution in [2.75, 3.05) is 31.1 Å². The minimum absolute atomic E-state index is 0. The molecule has 29 heavy (non-hydrogen) atoms. The number of hydrogen-bond donors (Lipinski definition) is 0. The van der Waals surface area contributed by atoms with Crippen molar-refractivity contribution in [2.24, 2.45) is 0 Å². The number of anilines is 1. The molecule has 1 amide bonds. The van der Waals surface area contributed by atoms with Crippen molar-refractivity contribution >= 4 is 62.4 Å². The first kappa shape index (κ1) is 23.5. The zero-order valence-electron chi connectivity index (χ0n) is 17.3. The number of hydrogen-bond acceptors (Lipinski definition) is 5. The van der Waals surface area contributed by atoms with Crippen molar-refractivity contribution in [1.82, 2.24) is 9.88 Å². The fraction of sp³-hybridized carbons (Fsp3) is 0.364. The van der Waals surface area contributed by atoms with E-state index in [1.54, 1.807) is 28.7 Å². The van der Waals surface area contributed by atoms with Crippen LogP contribution in [0, 0.1) is 13.8 Å². The maximum atomic E-state index is 13.0. The van der Waals surface area contributed by atoms with Gasteiger partial charge >= 0.3 is 0 Å². The van der Waals surface area contributed by atoms with Gasteiger partial charge in [-0.15, -0.1) is 23.7 Å². The summed E-state index contributed by atoms with van der Waals surface area (Å²) in [6, 6.07) is 8.23. The van der Waals surface area contributed by atoms with Gasteiger partial charge in [0.25, 0.3) is 5.91 Å². The average molecular weight is 450 g/mol. The van der Waals surface area contributed by atoms with Gasteiger partial charge in [-0.2, -0.15) is 0 Å². The summed E-state index contributed by atoms with van der Waals surface area (Å²) < 4.78 is 1.13. The molecule has 0 fully saturated rings. The van der Waals surface area contributed by atoms with E-state index >= 15 is 0 Å². The number of thiazole rings is 1. The highest BCUT2D eigenvalue weighted by atomic mass is 35.5. The van der Waals surface area contributed by atoms with Crippen LogP contribution in [0.1, 0.15) is 29.9 Å². The molecule has 0 aliphatic carbocycles. The summed E-state index contributed by atoms with van der Waals surface area (Å²) in [6.45, 7) is 11.9. The van der Waals surface area contributed by atoms with Gasteiger partial charge in [0.1, 0.15) is 0 Å². The Morgan fingerprint density at radius 1 is 1.14 bits per heavy atom. The fourth-order valence-electron chi connectivity index (χ4n) is 3.04. The van der Waals surface area contributed by atoms with E-state index in [-0.39, 0.29) is 18.3 Å². The monoisotopic (exact) mass is 449 g/mol. The Kier molecular flexibility index (Phi) is 8.83. The average Bonchev–Trinajstić information content (AvgIpc) is 3.36. The number of amides is 1. The topological polar surface area (TPSA) is 36.4 Å². The molecule has 0 unspecified atom stereocenters. The van der Waals surface area contributed by atoms with Crippen molar-refractivity contribution in [2.45, 2.75) is 27.7 Å². The molecule has 2 heterocycles. The Labute approximate surface area is 187 Å². The third kappa shape index (κ3) is 5.66. The van der Waals surface area contributed by atoms with Crippen LogP contribution in [0.25, 0.3) is 16.3 Å². The van der Waals surface area contributed by atoms with Gasteiger partial charge in [0.2, 0.25) is 0 Å². The van der Waals surface area contributed by atoms with Gasteiger partial charge in [0.15, 0.2) is 5.13 Å². The van der Waals surface area contributed by atoms with Crippen LogP contribution < -0.4 is 4.90 Å². The van der Waals surface area contributed by atoms with E-state index < -0.39 is 0 Å². The Hall–Kier alpha value is -1.73. The molecule has 156 valence electrons. The number of fused-ring (bicyclic) bond motifs is 1. The summed E-state index contributed by atoms with van der Waals surface area (Å²) in [4.78, 5) is 23.1. The van der Waals surface area contributed by atoms with E-state index in [0.717, 1.165) is 39.9 Å². The molecular formula is C22H28ClN3OS2. The number of aromatic nitrogens is 1. The van der Waals surface area contributed by atoms with Crippen LogP contribution in [0.4, 0.5) is 5.13 Å². The molecule has 0 atom stereocenters. The molecule has 0 bridgehead atoms. The largest absolute Gasteiger partial charge is 0.302 e. The second kappa shape index (κ2) is 10.9. The van der Waals surface area contributed by atoms with E-state index in [2.05, 4.69) is 44.7 Å². The van der Waals surface area contributed by atoms with E-state index in [1.165, 1.54) is 11.1 Å². The predicted molar refractivity (Wildman–Crippen MR) is 130 cm³/mol. The molecule has 0 saturated heterocycles. The molecule has 0 saturated carbocycles. The van der Waals surface area contributed by atoms with Gasteiger partial charge in [-0.3, -0.25) is 9.69 Å². The number of carbonyl (C=O) groups excluding carboxylic acids is 1. The first-order chi connectivity index (χ1) is 13.5. The SMILES string of the molecule is CCN(CC)CCN(C(=O)C=Cc1cccs1)c1nc2c(C)c(C)ccc2s1.Cl. The van der Waals surface area contributed by atoms with Crippen LogP contribution in [0.15, 0.2) is 35.7 Å². The molecule has 0 spiro atoms. The number of thiophene rings is 1. The standard InChI is InChI=1S/C22H27N3OS2.ClH/c1-5-24(6-2)13-14-25(20(26)12-10-18-8-7-15-27-18)22-23-21-17(4)16(3)9-11-19(21)28-22;/h7-12,15H,5-6,13-14H2,1-4H3;1H. The number of carbonyl (C=O) groups is 1. The molecule has 1 aromatic carbocycles. The zero-order valence-corrected chi connectivity index (χ0v) is 19.8. The highest BCUT2D eigenvalue weighted by molar-refractivity contribution is 7.22. The minimum Gasteiger partial charge on any atom is -0.302 e. The van der Waals surface area contributed by atoms with E-state index in [4.69, 9.17) is 4.98 Å². The van der Waals surface area contributed by atoms with E-state index in [9.17, 15) is 4.79 Å². The highest BCUT2D eigenvalue weighted by Crippen LogP contribution is 2.32. The zero-order chi connectivity index (χ0) is 20.1. The van der Waals surface area contributed by atoms with Gasteiger partial charge in [-0.05, 0) is 61.7 Å². The number of nitrogens with zero attached hydrogens (tertiary/aromatic N) is 3. The molecule has 0 aliphatic heterocycles. The summed E-state index contributed by atoms with van der Waals surface area (Å²) in [7, 11) is 0. The lowest BCUT2D eigenvalue weighted by atomic mass is 10.1. The number of likely N-dealkylation sites (N-methyl/N-ethyl adjacent to an activating group) is 1. The Balaban J connectivity index is 0.00000300. The predicted octanol–water partition coefficient (Wildman–Crippen LogP) is 5.78. The van der Waals surface area contributed by atoms with Crippen LogP contribution in [0.2, 0.25) is 0 Å². The van der Waals surface area contributed by atoms with Crippen LogP contribution in [-0.4, -0.2) is 42.0 Å².